The standard InChI is InChI=1S/C34H60N2O4/c1-29(2)23-12-17-32(6)24(31(23,5)15-13-25(29)36-27(38)10-9-19-35)20-22(37)28-21(11-16-33(28,32)7)34(8)18-14-26(40-34)30(3,4)39/h21-26,28,37,39H,9-20,35H2,1-8H3,(H,36,38)/t21-,22+,23-,24+,25-,26-,28-,31-,32+,33+,34-/m0/s1. The summed E-state index contributed by atoms with van der Waals surface area (Å²) in [4.78, 5) is 12.7. The van der Waals surface area contributed by atoms with E-state index in [4.69, 9.17) is 10.5 Å². The fourth-order valence-corrected chi connectivity index (χ4v) is 11.9. The first-order valence-corrected chi connectivity index (χ1v) is 16.5. The largest absolute Gasteiger partial charge is 0.393 e. The number of fused-ring (bicyclic) bond motifs is 5. The molecule has 4 aliphatic carbocycles. The lowest BCUT2D eigenvalue weighted by atomic mass is 9.35. The number of aliphatic hydroxyl groups excluding tert-OH is 1. The Morgan fingerprint density at radius 1 is 0.950 bits per heavy atom. The second-order valence-corrected chi connectivity index (χ2v) is 16.9. The van der Waals surface area contributed by atoms with E-state index in [0.717, 1.165) is 51.4 Å². The molecule has 1 heterocycles. The fourth-order valence-electron chi connectivity index (χ4n) is 11.9. The van der Waals surface area contributed by atoms with Crippen molar-refractivity contribution in [3.05, 3.63) is 0 Å². The van der Waals surface area contributed by atoms with Crippen molar-refractivity contribution in [1.29, 1.82) is 0 Å². The van der Waals surface area contributed by atoms with E-state index in [1.165, 1.54) is 12.8 Å². The summed E-state index contributed by atoms with van der Waals surface area (Å²) < 4.78 is 6.71. The van der Waals surface area contributed by atoms with Gasteiger partial charge in [-0.2, -0.15) is 0 Å². The van der Waals surface area contributed by atoms with E-state index in [9.17, 15) is 15.0 Å². The summed E-state index contributed by atoms with van der Waals surface area (Å²) in [7, 11) is 0. The molecule has 0 spiro atoms. The average Bonchev–Trinajstić information content (AvgIpc) is 3.44. The number of hydrogen-bond donors (Lipinski definition) is 4. The summed E-state index contributed by atoms with van der Waals surface area (Å²) in [5.41, 5.74) is 4.89. The average molecular weight is 561 g/mol. The maximum atomic E-state index is 12.7. The molecular weight excluding hydrogens is 500 g/mol. The van der Waals surface area contributed by atoms with Crippen molar-refractivity contribution >= 4 is 5.91 Å². The van der Waals surface area contributed by atoms with Crippen molar-refractivity contribution in [2.45, 2.75) is 155 Å². The number of aliphatic hydroxyl groups is 2. The van der Waals surface area contributed by atoms with E-state index in [1.54, 1.807) is 0 Å². The van der Waals surface area contributed by atoms with Crippen LogP contribution in [0.25, 0.3) is 0 Å². The van der Waals surface area contributed by atoms with Crippen LogP contribution in [0.3, 0.4) is 0 Å². The first kappa shape index (κ1) is 30.8. The van der Waals surface area contributed by atoms with Crippen molar-refractivity contribution in [2.24, 2.45) is 51.1 Å². The molecule has 0 aromatic rings. The first-order chi connectivity index (χ1) is 18.4. The molecule has 6 nitrogen and oxygen atoms in total. The molecule has 5 rings (SSSR count). The fraction of sp³-hybridized carbons (Fsp3) is 0.971. The smallest absolute Gasteiger partial charge is 0.220 e. The topological polar surface area (TPSA) is 105 Å². The van der Waals surface area contributed by atoms with Crippen LogP contribution < -0.4 is 11.1 Å². The summed E-state index contributed by atoms with van der Waals surface area (Å²) in [6.07, 6.45) is 10.2. The van der Waals surface area contributed by atoms with E-state index < -0.39 is 5.60 Å². The summed E-state index contributed by atoms with van der Waals surface area (Å²) in [6.45, 7) is 18.9. The molecule has 1 saturated heterocycles. The lowest BCUT2D eigenvalue weighted by Crippen LogP contribution is -2.67. The van der Waals surface area contributed by atoms with Gasteiger partial charge in [-0.3, -0.25) is 4.79 Å². The van der Waals surface area contributed by atoms with Gasteiger partial charge < -0.3 is 26.0 Å². The third-order valence-corrected chi connectivity index (χ3v) is 14.3. The molecule has 40 heavy (non-hydrogen) atoms. The van der Waals surface area contributed by atoms with E-state index in [2.05, 4.69) is 46.9 Å². The van der Waals surface area contributed by atoms with E-state index in [1.807, 2.05) is 13.8 Å². The van der Waals surface area contributed by atoms with Crippen molar-refractivity contribution < 1.29 is 19.7 Å². The highest BCUT2D eigenvalue weighted by Crippen LogP contribution is 2.76. The van der Waals surface area contributed by atoms with Gasteiger partial charge in [-0.05, 0) is 137 Å². The van der Waals surface area contributed by atoms with Gasteiger partial charge in [-0.15, -0.1) is 0 Å². The Morgan fingerprint density at radius 3 is 2.25 bits per heavy atom. The number of nitrogens with two attached hydrogens (primary N) is 1. The van der Waals surface area contributed by atoms with Gasteiger partial charge in [0.25, 0.3) is 0 Å². The maximum absolute atomic E-state index is 12.7. The summed E-state index contributed by atoms with van der Waals surface area (Å²) in [5.74, 6) is 1.66. The second-order valence-electron chi connectivity index (χ2n) is 16.9. The van der Waals surface area contributed by atoms with Crippen molar-refractivity contribution in [2.75, 3.05) is 6.54 Å². The molecule has 11 atom stereocenters. The number of rotatable bonds is 6. The van der Waals surface area contributed by atoms with Gasteiger partial charge in [-0.1, -0.05) is 34.6 Å². The lowest BCUT2D eigenvalue weighted by Gasteiger charge is -2.71. The zero-order valence-corrected chi connectivity index (χ0v) is 26.8. The van der Waals surface area contributed by atoms with Gasteiger partial charge in [0, 0.05) is 12.5 Å². The highest BCUT2D eigenvalue weighted by atomic mass is 16.5. The zero-order valence-electron chi connectivity index (χ0n) is 26.8. The SMILES string of the molecule is CC(C)(O)[C@@H]1CC[C@@](C)([C@H]2CC[C@]3(C)[C@@H]2[C@H](O)C[C@@H]2[C@@]4(C)CC[C@H](NC(=O)CCCN)C(C)(C)[C@@H]4CC[C@]23C)O1. The third kappa shape index (κ3) is 4.44. The van der Waals surface area contributed by atoms with E-state index in [-0.39, 0.29) is 57.3 Å². The number of hydrogen-bond acceptors (Lipinski definition) is 5. The quantitative estimate of drug-likeness (QED) is 0.340. The number of carbonyl (C=O) groups is 1. The van der Waals surface area contributed by atoms with Gasteiger partial charge in [0.2, 0.25) is 5.91 Å². The normalized spacial score (nSPS) is 50.1. The molecule has 0 radical (unpaired) electrons. The number of ether oxygens (including phenoxy) is 1. The first-order valence-electron chi connectivity index (χ1n) is 16.5. The molecule has 0 aromatic heterocycles. The van der Waals surface area contributed by atoms with Gasteiger partial charge in [0.05, 0.1) is 23.4 Å². The molecule has 5 fully saturated rings. The summed E-state index contributed by atoms with van der Waals surface area (Å²) >= 11 is 0. The van der Waals surface area contributed by atoms with Crippen molar-refractivity contribution in [1.82, 2.24) is 5.32 Å². The summed E-state index contributed by atoms with van der Waals surface area (Å²) in [6, 6.07) is 0.191. The molecule has 0 bridgehead atoms. The molecule has 4 saturated carbocycles. The minimum Gasteiger partial charge on any atom is -0.393 e. The van der Waals surface area contributed by atoms with Crippen LogP contribution in [-0.2, 0) is 9.53 Å². The Balaban J connectivity index is 1.40. The van der Waals surface area contributed by atoms with Crippen LogP contribution >= 0.6 is 0 Å². The highest BCUT2D eigenvalue weighted by Gasteiger charge is 2.72. The van der Waals surface area contributed by atoms with Gasteiger partial charge >= 0.3 is 0 Å². The molecule has 0 unspecified atom stereocenters. The Bertz CT molecular complexity index is 977. The highest BCUT2D eigenvalue weighted by molar-refractivity contribution is 5.76. The zero-order chi connectivity index (χ0) is 29.5. The maximum Gasteiger partial charge on any atom is 0.220 e. The van der Waals surface area contributed by atoms with Crippen LogP contribution in [0.2, 0.25) is 0 Å². The molecule has 1 amide bonds. The third-order valence-electron chi connectivity index (χ3n) is 14.3. The van der Waals surface area contributed by atoms with Crippen LogP contribution in [0, 0.1) is 45.3 Å². The number of amides is 1. The van der Waals surface area contributed by atoms with Gasteiger partial charge in [0.15, 0.2) is 0 Å². The van der Waals surface area contributed by atoms with Crippen LogP contribution in [0.4, 0.5) is 0 Å². The molecule has 0 aromatic carbocycles. The predicted octanol–water partition coefficient (Wildman–Crippen LogP) is 5.57. The summed E-state index contributed by atoms with van der Waals surface area (Å²) in [5, 5.41) is 26.2. The molecular formula is C34H60N2O4. The van der Waals surface area contributed by atoms with Crippen LogP contribution in [-0.4, -0.2) is 52.1 Å². The minimum absolute atomic E-state index is 0.00486. The molecule has 5 aliphatic rings. The molecule has 230 valence electrons. The number of nitrogens with one attached hydrogen (secondary N) is 1. The Labute approximate surface area is 244 Å². The van der Waals surface area contributed by atoms with Crippen LogP contribution in [0.1, 0.15) is 126 Å². The Hall–Kier alpha value is -0.690. The van der Waals surface area contributed by atoms with Gasteiger partial charge in [-0.25, -0.2) is 0 Å². The van der Waals surface area contributed by atoms with Gasteiger partial charge in [0.1, 0.15) is 0 Å². The number of carbonyl (C=O) groups excluding carboxylic acids is 1. The van der Waals surface area contributed by atoms with Crippen molar-refractivity contribution in [3.63, 3.8) is 0 Å². The monoisotopic (exact) mass is 560 g/mol. The molecule has 1 aliphatic heterocycles. The van der Waals surface area contributed by atoms with Crippen LogP contribution in [0.15, 0.2) is 0 Å². The Morgan fingerprint density at radius 2 is 1.62 bits per heavy atom. The van der Waals surface area contributed by atoms with E-state index in [0.29, 0.717) is 30.7 Å². The lowest BCUT2D eigenvalue weighted by molar-refractivity contribution is -0.240. The minimum atomic E-state index is -0.843. The predicted molar refractivity (Wildman–Crippen MR) is 159 cm³/mol. The molecule has 5 N–H and O–H groups in total. The van der Waals surface area contributed by atoms with Crippen LogP contribution in [0.5, 0.6) is 0 Å². The van der Waals surface area contributed by atoms with Crippen molar-refractivity contribution in [3.8, 4) is 0 Å². The van der Waals surface area contributed by atoms with E-state index >= 15 is 0 Å². The second kappa shape index (κ2) is 9.92. The molecule has 6 heteroatoms. The Kier molecular flexibility index (Phi) is 7.63.